The van der Waals surface area contributed by atoms with Crippen LogP contribution in [0.1, 0.15) is 31.7 Å². The number of ether oxygens (including phenoxy) is 1. The first kappa shape index (κ1) is 13.4. The maximum atomic E-state index is 11.6. The zero-order valence-corrected chi connectivity index (χ0v) is 10.1. The largest absolute Gasteiger partial charge is 0.466 e. The number of hydrogen-bond acceptors (Lipinski definition) is 3. The van der Waals surface area contributed by atoms with Crippen molar-refractivity contribution < 1.29 is 14.3 Å². The molecule has 1 aromatic rings. The highest BCUT2D eigenvalue weighted by Gasteiger charge is 2.03. The fraction of sp³-hybridized carbons (Fsp3) is 0.429. The van der Waals surface area contributed by atoms with Crippen molar-refractivity contribution in [3.05, 3.63) is 35.9 Å². The molecule has 0 amide bonds. The number of carbonyl (C=O) groups excluding carboxylic acids is 2. The van der Waals surface area contributed by atoms with Crippen molar-refractivity contribution >= 4 is 11.8 Å². The molecule has 3 heteroatoms. The molecule has 0 fully saturated rings. The number of benzene rings is 1. The zero-order valence-electron chi connectivity index (χ0n) is 10.1. The molecule has 1 rings (SSSR count). The molecule has 0 aliphatic rings. The van der Waals surface area contributed by atoms with Crippen LogP contribution in [0.4, 0.5) is 0 Å². The molecule has 0 aliphatic heterocycles. The standard InChI is InChI=1S/C14H18O3/c1-12(15)17-10-6-5-9-14(16)11-13-7-3-2-4-8-13/h2-4,7-8H,5-6,9-11H2,1H3. The minimum Gasteiger partial charge on any atom is -0.466 e. The van der Waals surface area contributed by atoms with Crippen molar-refractivity contribution in [2.75, 3.05) is 6.61 Å². The summed E-state index contributed by atoms with van der Waals surface area (Å²) in [7, 11) is 0. The smallest absolute Gasteiger partial charge is 0.302 e. The van der Waals surface area contributed by atoms with E-state index >= 15 is 0 Å². The highest BCUT2D eigenvalue weighted by atomic mass is 16.5. The Kier molecular flexibility index (Phi) is 6.00. The third-order valence-corrected chi connectivity index (χ3v) is 2.40. The molecule has 0 aromatic heterocycles. The van der Waals surface area contributed by atoms with E-state index in [1.807, 2.05) is 30.3 Å². The second-order valence-corrected chi connectivity index (χ2v) is 4.00. The number of ketones is 1. The maximum absolute atomic E-state index is 11.6. The second-order valence-electron chi connectivity index (χ2n) is 4.00. The molecule has 0 N–H and O–H groups in total. The molecule has 0 heterocycles. The molecule has 0 radical (unpaired) electrons. The van der Waals surface area contributed by atoms with Gasteiger partial charge in [0.2, 0.25) is 0 Å². The number of Topliss-reactive ketones (excluding diaryl/α,β-unsaturated/α-hetero) is 1. The molecule has 0 spiro atoms. The summed E-state index contributed by atoms with van der Waals surface area (Å²) in [6, 6.07) is 9.72. The predicted octanol–water partition coefficient (Wildman–Crippen LogP) is 2.53. The van der Waals surface area contributed by atoms with E-state index in [-0.39, 0.29) is 11.8 Å². The van der Waals surface area contributed by atoms with Gasteiger partial charge < -0.3 is 4.74 Å². The number of unbranched alkanes of at least 4 members (excludes halogenated alkanes) is 1. The molecule has 0 saturated heterocycles. The topological polar surface area (TPSA) is 43.4 Å². The van der Waals surface area contributed by atoms with Crippen molar-refractivity contribution in [1.29, 1.82) is 0 Å². The van der Waals surface area contributed by atoms with Crippen LogP contribution in [-0.4, -0.2) is 18.4 Å². The summed E-state index contributed by atoms with van der Waals surface area (Å²) in [6.45, 7) is 1.80. The maximum Gasteiger partial charge on any atom is 0.302 e. The van der Waals surface area contributed by atoms with Crippen LogP contribution in [0.3, 0.4) is 0 Å². The van der Waals surface area contributed by atoms with E-state index in [1.165, 1.54) is 6.92 Å². The third kappa shape index (κ3) is 6.51. The normalized spacial score (nSPS) is 9.94. The lowest BCUT2D eigenvalue weighted by Gasteiger charge is -2.02. The van der Waals surface area contributed by atoms with E-state index in [0.29, 0.717) is 19.4 Å². The molecule has 0 saturated carbocycles. The van der Waals surface area contributed by atoms with Gasteiger partial charge in [-0.2, -0.15) is 0 Å². The van der Waals surface area contributed by atoms with Gasteiger partial charge in [0, 0.05) is 19.8 Å². The lowest BCUT2D eigenvalue weighted by atomic mass is 10.1. The first-order valence-electron chi connectivity index (χ1n) is 5.87. The lowest BCUT2D eigenvalue weighted by Crippen LogP contribution is -2.04. The summed E-state index contributed by atoms with van der Waals surface area (Å²) >= 11 is 0. The first-order chi connectivity index (χ1) is 8.18. The SMILES string of the molecule is CC(=O)OCCCCC(=O)Cc1ccccc1. The number of esters is 1. The fourth-order valence-electron chi connectivity index (χ4n) is 1.55. The Morgan fingerprint density at radius 1 is 1.12 bits per heavy atom. The summed E-state index contributed by atoms with van der Waals surface area (Å²) in [6.07, 6.45) is 2.57. The number of rotatable bonds is 7. The monoisotopic (exact) mass is 234 g/mol. The minimum atomic E-state index is -0.263. The van der Waals surface area contributed by atoms with E-state index in [0.717, 1.165) is 18.4 Å². The van der Waals surface area contributed by atoms with Crippen molar-refractivity contribution in [2.45, 2.75) is 32.6 Å². The van der Waals surface area contributed by atoms with Gasteiger partial charge in [0.1, 0.15) is 5.78 Å². The Morgan fingerprint density at radius 2 is 1.82 bits per heavy atom. The van der Waals surface area contributed by atoms with Gasteiger partial charge >= 0.3 is 5.97 Å². The summed E-state index contributed by atoms with van der Waals surface area (Å²) < 4.78 is 4.79. The molecular weight excluding hydrogens is 216 g/mol. The van der Waals surface area contributed by atoms with E-state index in [1.54, 1.807) is 0 Å². The Bertz CT molecular complexity index is 357. The molecule has 17 heavy (non-hydrogen) atoms. The van der Waals surface area contributed by atoms with Crippen LogP contribution < -0.4 is 0 Å². The van der Waals surface area contributed by atoms with E-state index < -0.39 is 0 Å². The second kappa shape index (κ2) is 7.60. The van der Waals surface area contributed by atoms with Crippen molar-refractivity contribution in [3.63, 3.8) is 0 Å². The fourth-order valence-corrected chi connectivity index (χ4v) is 1.55. The van der Waals surface area contributed by atoms with Crippen molar-refractivity contribution in [3.8, 4) is 0 Å². The predicted molar refractivity (Wildman–Crippen MR) is 65.6 cm³/mol. The Labute approximate surface area is 102 Å². The van der Waals surface area contributed by atoms with Crippen LogP contribution in [0, 0.1) is 0 Å². The third-order valence-electron chi connectivity index (χ3n) is 2.40. The van der Waals surface area contributed by atoms with Gasteiger partial charge in [0.05, 0.1) is 6.61 Å². The number of carbonyl (C=O) groups is 2. The Balaban J connectivity index is 2.12. The molecule has 3 nitrogen and oxygen atoms in total. The van der Waals surface area contributed by atoms with E-state index in [2.05, 4.69) is 0 Å². The molecule has 0 atom stereocenters. The Morgan fingerprint density at radius 3 is 2.47 bits per heavy atom. The van der Waals surface area contributed by atoms with Gasteiger partial charge in [0.15, 0.2) is 0 Å². The van der Waals surface area contributed by atoms with Crippen molar-refractivity contribution in [1.82, 2.24) is 0 Å². The van der Waals surface area contributed by atoms with Crippen LogP contribution in [0.2, 0.25) is 0 Å². The lowest BCUT2D eigenvalue weighted by molar-refractivity contribution is -0.141. The van der Waals surface area contributed by atoms with Crippen LogP contribution in [0.5, 0.6) is 0 Å². The summed E-state index contributed by atoms with van der Waals surface area (Å²) in [5.41, 5.74) is 1.05. The number of hydrogen-bond donors (Lipinski definition) is 0. The summed E-state index contributed by atoms with van der Waals surface area (Å²) in [5.74, 6) is -0.0281. The van der Waals surface area contributed by atoms with Gasteiger partial charge in [-0.1, -0.05) is 30.3 Å². The van der Waals surface area contributed by atoms with E-state index in [9.17, 15) is 9.59 Å². The molecule has 0 unspecified atom stereocenters. The van der Waals surface area contributed by atoms with Gasteiger partial charge in [0.25, 0.3) is 0 Å². The van der Waals surface area contributed by atoms with Gasteiger partial charge in [-0.15, -0.1) is 0 Å². The van der Waals surface area contributed by atoms with E-state index in [4.69, 9.17) is 4.74 Å². The molecule has 92 valence electrons. The first-order valence-corrected chi connectivity index (χ1v) is 5.87. The molecule has 0 bridgehead atoms. The molecule has 1 aromatic carbocycles. The Hall–Kier alpha value is -1.64. The molecule has 0 aliphatic carbocycles. The van der Waals surface area contributed by atoms with Gasteiger partial charge in [-0.3, -0.25) is 9.59 Å². The summed E-state index contributed by atoms with van der Waals surface area (Å²) in [5, 5.41) is 0. The average Bonchev–Trinajstić information content (AvgIpc) is 2.29. The van der Waals surface area contributed by atoms with Gasteiger partial charge in [-0.25, -0.2) is 0 Å². The minimum absolute atomic E-state index is 0.235. The quantitative estimate of drug-likeness (QED) is 0.538. The van der Waals surface area contributed by atoms with Gasteiger partial charge in [-0.05, 0) is 18.4 Å². The van der Waals surface area contributed by atoms with Crippen molar-refractivity contribution in [2.24, 2.45) is 0 Å². The van der Waals surface area contributed by atoms with Crippen LogP contribution >= 0.6 is 0 Å². The zero-order chi connectivity index (χ0) is 12.5. The van der Waals surface area contributed by atoms with Crippen LogP contribution in [-0.2, 0) is 20.7 Å². The van der Waals surface area contributed by atoms with Crippen LogP contribution in [0.25, 0.3) is 0 Å². The van der Waals surface area contributed by atoms with Crippen LogP contribution in [0.15, 0.2) is 30.3 Å². The summed E-state index contributed by atoms with van der Waals surface area (Å²) in [4.78, 5) is 22.1. The average molecular weight is 234 g/mol. The highest BCUT2D eigenvalue weighted by molar-refractivity contribution is 5.80. The highest BCUT2D eigenvalue weighted by Crippen LogP contribution is 2.04. The molecular formula is C14H18O3.